The summed E-state index contributed by atoms with van der Waals surface area (Å²) in [6.45, 7) is 16.9. The van der Waals surface area contributed by atoms with E-state index in [0.717, 1.165) is 91.1 Å². The van der Waals surface area contributed by atoms with Gasteiger partial charge in [0, 0.05) is 60.1 Å². The van der Waals surface area contributed by atoms with Gasteiger partial charge in [0.15, 0.2) is 11.6 Å². The Morgan fingerprint density at radius 2 is 1.29 bits per heavy atom. The molecule has 11 nitrogen and oxygen atoms in total. The standard InChI is InChI=1S/C40H40N10O/c1-8-27-20-29-31-23-42-38(34-19-26(6)46-50(34)10-3)44-40(31)48(36(29)35(21-27)51-7)16-12-11-15-47-32-14-13-24(4)17-28(32)30-22-41-37(43-39(30)47)33-18-25(5)45-49(33)9-2/h8,11-14,17-23H,1,9-10,15-16H2,2-7H3/b12-11+. The second kappa shape index (κ2) is 12.7. The number of rotatable bonds is 10. The van der Waals surface area contributed by atoms with E-state index >= 15 is 0 Å². The third-order valence-electron chi connectivity index (χ3n) is 9.50. The minimum Gasteiger partial charge on any atom is -0.495 e. The van der Waals surface area contributed by atoms with Crippen molar-refractivity contribution in [3.8, 4) is 28.8 Å². The number of benzene rings is 2. The van der Waals surface area contributed by atoms with E-state index < -0.39 is 0 Å². The highest BCUT2D eigenvalue weighted by molar-refractivity contribution is 6.10. The monoisotopic (exact) mass is 676 g/mol. The van der Waals surface area contributed by atoms with Gasteiger partial charge in [0.2, 0.25) is 0 Å². The van der Waals surface area contributed by atoms with Gasteiger partial charge in [-0.25, -0.2) is 19.9 Å². The van der Waals surface area contributed by atoms with E-state index in [9.17, 15) is 0 Å². The first-order chi connectivity index (χ1) is 24.8. The fourth-order valence-corrected chi connectivity index (χ4v) is 7.15. The molecule has 0 saturated carbocycles. The van der Waals surface area contributed by atoms with Gasteiger partial charge in [-0.15, -0.1) is 0 Å². The lowest BCUT2D eigenvalue weighted by molar-refractivity contribution is 0.417. The minimum absolute atomic E-state index is 0.567. The van der Waals surface area contributed by atoms with Gasteiger partial charge in [-0.3, -0.25) is 9.36 Å². The van der Waals surface area contributed by atoms with E-state index in [1.54, 1.807) is 7.11 Å². The van der Waals surface area contributed by atoms with Gasteiger partial charge in [-0.05, 0) is 76.6 Å². The number of allylic oxidation sites excluding steroid dienone is 2. The largest absolute Gasteiger partial charge is 0.495 e. The Balaban J connectivity index is 1.23. The quantitative estimate of drug-likeness (QED) is 0.135. The van der Waals surface area contributed by atoms with E-state index in [1.165, 1.54) is 5.56 Å². The highest BCUT2D eigenvalue weighted by Gasteiger charge is 2.20. The molecule has 0 saturated heterocycles. The molecule has 0 fully saturated rings. The lowest BCUT2D eigenvalue weighted by atomic mass is 10.1. The minimum atomic E-state index is 0.567. The maximum absolute atomic E-state index is 5.95. The smallest absolute Gasteiger partial charge is 0.179 e. The molecule has 51 heavy (non-hydrogen) atoms. The van der Waals surface area contributed by atoms with Crippen LogP contribution in [0.2, 0.25) is 0 Å². The average Bonchev–Trinajstić information content (AvgIpc) is 3.89. The zero-order valence-corrected chi connectivity index (χ0v) is 29.8. The van der Waals surface area contributed by atoms with Crippen molar-refractivity contribution in [1.82, 2.24) is 48.6 Å². The van der Waals surface area contributed by atoms with Crippen molar-refractivity contribution < 1.29 is 4.74 Å². The molecule has 0 aliphatic carbocycles. The zero-order chi connectivity index (χ0) is 35.4. The van der Waals surface area contributed by atoms with E-state index in [2.05, 4.69) is 83.1 Å². The Morgan fingerprint density at radius 1 is 0.706 bits per heavy atom. The molecule has 6 aromatic heterocycles. The fourth-order valence-electron chi connectivity index (χ4n) is 7.15. The molecule has 8 rings (SSSR count). The number of fused-ring (bicyclic) bond motifs is 6. The van der Waals surface area contributed by atoms with Gasteiger partial charge in [0.1, 0.15) is 28.4 Å². The highest BCUT2D eigenvalue weighted by atomic mass is 16.5. The number of aryl methyl sites for hydroxylation is 5. The lowest BCUT2D eigenvalue weighted by Gasteiger charge is -2.10. The maximum atomic E-state index is 5.95. The number of nitrogens with zero attached hydrogens (tertiary/aromatic N) is 10. The molecule has 0 spiro atoms. The van der Waals surface area contributed by atoms with Gasteiger partial charge in [0.25, 0.3) is 0 Å². The molecule has 0 unspecified atom stereocenters. The molecule has 0 bridgehead atoms. The van der Waals surface area contributed by atoms with Crippen LogP contribution in [-0.4, -0.2) is 55.7 Å². The van der Waals surface area contributed by atoms with Crippen LogP contribution in [0.3, 0.4) is 0 Å². The summed E-state index contributed by atoms with van der Waals surface area (Å²) >= 11 is 0. The average molecular weight is 677 g/mol. The normalized spacial score (nSPS) is 12.0. The molecule has 0 N–H and O–H groups in total. The van der Waals surface area contributed by atoms with Crippen molar-refractivity contribution in [2.75, 3.05) is 7.11 Å². The summed E-state index contributed by atoms with van der Waals surface area (Å²) < 4.78 is 14.3. The third-order valence-corrected chi connectivity index (χ3v) is 9.50. The predicted molar refractivity (Wildman–Crippen MR) is 204 cm³/mol. The first-order valence-corrected chi connectivity index (χ1v) is 17.3. The molecule has 0 aliphatic heterocycles. The molecule has 11 heteroatoms. The number of methoxy groups -OCH3 is 1. The lowest BCUT2D eigenvalue weighted by Crippen LogP contribution is -2.04. The van der Waals surface area contributed by atoms with Crippen LogP contribution in [0.1, 0.15) is 36.4 Å². The van der Waals surface area contributed by atoms with Gasteiger partial charge in [0.05, 0.1) is 29.5 Å². The highest BCUT2D eigenvalue weighted by Crippen LogP contribution is 2.37. The van der Waals surface area contributed by atoms with Gasteiger partial charge >= 0.3 is 0 Å². The summed E-state index contributed by atoms with van der Waals surface area (Å²) in [6, 6.07) is 14.8. The van der Waals surface area contributed by atoms with Gasteiger partial charge < -0.3 is 13.9 Å². The first-order valence-electron chi connectivity index (χ1n) is 17.3. The number of aromatic nitrogens is 10. The number of ether oxygens (including phenoxy) is 1. The van der Waals surface area contributed by atoms with E-state index in [-0.39, 0.29) is 0 Å². The molecule has 2 aromatic carbocycles. The summed E-state index contributed by atoms with van der Waals surface area (Å²) in [5.41, 5.74) is 9.64. The Morgan fingerprint density at radius 3 is 1.88 bits per heavy atom. The van der Waals surface area contributed by atoms with Crippen molar-refractivity contribution in [3.63, 3.8) is 0 Å². The third kappa shape index (κ3) is 5.36. The summed E-state index contributed by atoms with van der Waals surface area (Å²) in [5.74, 6) is 2.06. The maximum Gasteiger partial charge on any atom is 0.179 e. The molecule has 0 amide bonds. The van der Waals surface area contributed by atoms with Crippen molar-refractivity contribution >= 4 is 49.9 Å². The SMILES string of the molecule is C=Cc1cc(OC)c2c(c1)c1cnc(-c3cc(C)nn3CC)nc1n2C/C=C/Cn1c2ccc(C)cc2c2cnc(-c3cc(C)nn3CC)nc21. The zero-order valence-electron chi connectivity index (χ0n) is 29.8. The summed E-state index contributed by atoms with van der Waals surface area (Å²) in [5, 5.41) is 13.4. The van der Waals surface area contributed by atoms with Crippen LogP contribution in [0.5, 0.6) is 5.75 Å². The Hall–Kier alpha value is -6.10. The topological polar surface area (TPSA) is 106 Å². The molecule has 8 aromatic rings. The Labute approximate surface area is 295 Å². The van der Waals surface area contributed by atoms with Crippen molar-refractivity contribution in [2.24, 2.45) is 0 Å². The van der Waals surface area contributed by atoms with E-state index in [4.69, 9.17) is 24.7 Å². The molecule has 0 aliphatic rings. The van der Waals surface area contributed by atoms with Crippen LogP contribution in [-0.2, 0) is 26.2 Å². The summed E-state index contributed by atoms with van der Waals surface area (Å²) in [4.78, 5) is 19.9. The van der Waals surface area contributed by atoms with Crippen molar-refractivity contribution in [1.29, 1.82) is 0 Å². The van der Waals surface area contributed by atoms with Crippen LogP contribution < -0.4 is 4.74 Å². The molecular weight excluding hydrogens is 637 g/mol. The predicted octanol–water partition coefficient (Wildman–Crippen LogP) is 8.08. The van der Waals surface area contributed by atoms with Crippen LogP contribution in [0, 0.1) is 20.8 Å². The fraction of sp³-hybridized carbons (Fsp3) is 0.250. The number of hydrogen-bond donors (Lipinski definition) is 0. The van der Waals surface area contributed by atoms with Crippen LogP contribution in [0.4, 0.5) is 0 Å². The molecular formula is C40H40N10O. The first kappa shape index (κ1) is 32.1. The molecule has 256 valence electrons. The Kier molecular flexibility index (Phi) is 7.97. The Bertz CT molecular complexity index is 2670. The number of hydrogen-bond acceptors (Lipinski definition) is 7. The van der Waals surface area contributed by atoms with Crippen LogP contribution >= 0.6 is 0 Å². The summed E-state index contributed by atoms with van der Waals surface area (Å²) in [6.07, 6.45) is 10.1. The summed E-state index contributed by atoms with van der Waals surface area (Å²) in [7, 11) is 1.70. The van der Waals surface area contributed by atoms with Crippen molar-refractivity contribution in [2.45, 2.75) is 60.8 Å². The van der Waals surface area contributed by atoms with E-state index in [1.807, 2.05) is 59.9 Å². The van der Waals surface area contributed by atoms with Crippen LogP contribution in [0.15, 0.2) is 73.6 Å². The second-order valence-corrected chi connectivity index (χ2v) is 12.9. The van der Waals surface area contributed by atoms with E-state index in [0.29, 0.717) is 24.7 Å². The van der Waals surface area contributed by atoms with Crippen LogP contribution in [0.25, 0.3) is 73.0 Å². The van der Waals surface area contributed by atoms with Gasteiger partial charge in [-0.2, -0.15) is 10.2 Å². The van der Waals surface area contributed by atoms with Gasteiger partial charge in [-0.1, -0.05) is 36.4 Å². The molecule has 0 atom stereocenters. The second-order valence-electron chi connectivity index (χ2n) is 12.9. The molecule has 0 radical (unpaired) electrons. The van der Waals surface area contributed by atoms with Crippen molar-refractivity contribution in [3.05, 3.63) is 96.1 Å². The molecule has 6 heterocycles.